The third-order valence-electron chi connectivity index (χ3n) is 2.89. The Balaban J connectivity index is 2.34. The quantitative estimate of drug-likeness (QED) is 0.537. The number of nitrogens with zero attached hydrogens (tertiary/aromatic N) is 1. The highest BCUT2D eigenvalue weighted by atomic mass is 16.3. The first kappa shape index (κ1) is 12.9. The van der Waals surface area contributed by atoms with E-state index in [4.69, 9.17) is 5.73 Å². The zero-order valence-corrected chi connectivity index (χ0v) is 9.48. The molecule has 0 aliphatic carbocycles. The van der Waals surface area contributed by atoms with Crippen LogP contribution >= 0.6 is 0 Å². The zero-order valence-electron chi connectivity index (χ0n) is 9.48. The molecule has 0 bridgehead atoms. The van der Waals surface area contributed by atoms with Crippen LogP contribution in [-0.2, 0) is 9.59 Å². The third-order valence-corrected chi connectivity index (χ3v) is 2.89. The van der Waals surface area contributed by atoms with Crippen molar-refractivity contribution >= 4 is 11.8 Å². The number of nitrogens with one attached hydrogen (secondary N) is 1. The number of aliphatic hydroxyl groups excluding tert-OH is 1. The minimum absolute atomic E-state index is 0.0445. The largest absolute Gasteiger partial charge is 0.391 e. The molecule has 1 aliphatic heterocycles. The summed E-state index contributed by atoms with van der Waals surface area (Å²) < 4.78 is 0. The van der Waals surface area contributed by atoms with Crippen LogP contribution in [0.4, 0.5) is 0 Å². The first-order valence-electron chi connectivity index (χ1n) is 5.47. The maximum Gasteiger partial charge on any atom is 0.242 e. The van der Waals surface area contributed by atoms with Crippen LogP contribution in [0.5, 0.6) is 0 Å². The van der Waals surface area contributed by atoms with Gasteiger partial charge in [-0.05, 0) is 12.3 Å². The van der Waals surface area contributed by atoms with Crippen LogP contribution < -0.4 is 11.1 Å². The summed E-state index contributed by atoms with van der Waals surface area (Å²) in [7, 11) is 0. The first-order valence-corrected chi connectivity index (χ1v) is 5.47. The van der Waals surface area contributed by atoms with Crippen LogP contribution in [-0.4, -0.2) is 54.1 Å². The Morgan fingerprint density at radius 1 is 1.56 bits per heavy atom. The normalized spacial score (nSPS) is 25.3. The first-order chi connectivity index (χ1) is 7.54. The predicted molar refractivity (Wildman–Crippen MR) is 58.4 cm³/mol. The van der Waals surface area contributed by atoms with Crippen molar-refractivity contribution in [2.45, 2.75) is 19.4 Å². The summed E-state index contributed by atoms with van der Waals surface area (Å²) in [6, 6.07) is 0. The summed E-state index contributed by atoms with van der Waals surface area (Å²) in [5, 5.41) is 12.0. The number of aliphatic hydroxyl groups is 1. The summed E-state index contributed by atoms with van der Waals surface area (Å²) in [6.45, 7) is 2.78. The Morgan fingerprint density at radius 3 is 2.81 bits per heavy atom. The minimum atomic E-state index is -0.470. The van der Waals surface area contributed by atoms with Gasteiger partial charge in [-0.1, -0.05) is 6.92 Å². The van der Waals surface area contributed by atoms with Crippen LogP contribution in [0.15, 0.2) is 0 Å². The topological polar surface area (TPSA) is 95.7 Å². The monoisotopic (exact) mass is 229 g/mol. The molecule has 2 amide bonds. The fourth-order valence-electron chi connectivity index (χ4n) is 1.63. The van der Waals surface area contributed by atoms with Crippen molar-refractivity contribution in [2.24, 2.45) is 11.7 Å². The van der Waals surface area contributed by atoms with Gasteiger partial charge in [-0.3, -0.25) is 9.59 Å². The van der Waals surface area contributed by atoms with Crippen molar-refractivity contribution in [3.05, 3.63) is 0 Å². The smallest absolute Gasteiger partial charge is 0.242 e. The summed E-state index contributed by atoms with van der Waals surface area (Å²) in [4.78, 5) is 24.1. The lowest BCUT2D eigenvalue weighted by molar-refractivity contribution is -0.136. The van der Waals surface area contributed by atoms with E-state index in [1.807, 2.05) is 6.92 Å². The number of hydrogen-bond acceptors (Lipinski definition) is 4. The number of likely N-dealkylation sites (tertiary alicyclic amines) is 1. The highest BCUT2D eigenvalue weighted by Crippen LogP contribution is 2.16. The Bertz CT molecular complexity index is 270. The van der Waals surface area contributed by atoms with Crippen LogP contribution in [0.1, 0.15) is 13.3 Å². The number of nitrogens with two attached hydrogens (primary N) is 1. The second-order valence-corrected chi connectivity index (χ2v) is 4.15. The highest BCUT2D eigenvalue weighted by Gasteiger charge is 2.26. The summed E-state index contributed by atoms with van der Waals surface area (Å²) in [6.07, 6.45) is 0.320. The Labute approximate surface area is 94.8 Å². The summed E-state index contributed by atoms with van der Waals surface area (Å²) in [5.41, 5.74) is 5.10. The zero-order chi connectivity index (χ0) is 12.1. The molecule has 1 rings (SSSR count). The fraction of sp³-hybridized carbons (Fsp3) is 0.800. The molecule has 0 aromatic heterocycles. The maximum atomic E-state index is 11.6. The van der Waals surface area contributed by atoms with Gasteiger partial charge in [-0.15, -0.1) is 0 Å². The molecule has 1 fully saturated rings. The number of piperidine rings is 1. The molecule has 1 heterocycles. The number of rotatable bonds is 3. The Kier molecular flexibility index (Phi) is 4.70. The van der Waals surface area contributed by atoms with E-state index in [2.05, 4.69) is 5.32 Å². The van der Waals surface area contributed by atoms with Crippen LogP contribution in [0.2, 0.25) is 0 Å². The molecule has 6 nitrogen and oxygen atoms in total. The van der Waals surface area contributed by atoms with Crippen molar-refractivity contribution in [2.75, 3.05) is 26.2 Å². The maximum absolute atomic E-state index is 11.6. The van der Waals surface area contributed by atoms with Crippen molar-refractivity contribution in [3.63, 3.8) is 0 Å². The van der Waals surface area contributed by atoms with E-state index in [0.29, 0.717) is 13.1 Å². The van der Waals surface area contributed by atoms with E-state index in [0.717, 1.165) is 6.42 Å². The van der Waals surface area contributed by atoms with E-state index < -0.39 is 6.10 Å². The number of carbonyl (C=O) groups excluding carboxylic acids is 2. The number of β-amino-alcohol motifs (C(OH)–C–C–N with tert-alkyl or cyclic N) is 1. The molecule has 1 saturated heterocycles. The average Bonchev–Trinajstić information content (AvgIpc) is 2.29. The van der Waals surface area contributed by atoms with Crippen LogP contribution in [0, 0.1) is 5.92 Å². The van der Waals surface area contributed by atoms with Crippen molar-refractivity contribution < 1.29 is 14.7 Å². The van der Waals surface area contributed by atoms with E-state index in [-0.39, 0.29) is 30.8 Å². The van der Waals surface area contributed by atoms with Gasteiger partial charge in [-0.25, -0.2) is 0 Å². The summed E-state index contributed by atoms with van der Waals surface area (Å²) in [5.74, 6) is -0.297. The van der Waals surface area contributed by atoms with Crippen LogP contribution in [0.25, 0.3) is 0 Å². The number of carbonyl (C=O) groups is 2. The van der Waals surface area contributed by atoms with Crippen molar-refractivity contribution in [1.82, 2.24) is 10.2 Å². The average molecular weight is 229 g/mol. The molecule has 0 saturated carbocycles. The van der Waals surface area contributed by atoms with Gasteiger partial charge in [0.2, 0.25) is 11.8 Å². The molecule has 2 unspecified atom stereocenters. The lowest BCUT2D eigenvalue weighted by Crippen LogP contribution is -2.49. The molecule has 0 aromatic carbocycles. The van der Waals surface area contributed by atoms with Crippen LogP contribution in [0.3, 0.4) is 0 Å². The van der Waals surface area contributed by atoms with Gasteiger partial charge in [0.05, 0.1) is 19.2 Å². The molecule has 0 spiro atoms. The van der Waals surface area contributed by atoms with Crippen molar-refractivity contribution in [3.8, 4) is 0 Å². The van der Waals surface area contributed by atoms with Gasteiger partial charge < -0.3 is 21.1 Å². The van der Waals surface area contributed by atoms with Gasteiger partial charge in [0.25, 0.3) is 0 Å². The van der Waals surface area contributed by atoms with E-state index in [1.165, 1.54) is 0 Å². The lowest BCUT2D eigenvalue weighted by atomic mass is 9.96. The number of hydrogen-bond donors (Lipinski definition) is 3. The van der Waals surface area contributed by atoms with Gasteiger partial charge in [0, 0.05) is 13.1 Å². The number of amides is 2. The highest BCUT2D eigenvalue weighted by molar-refractivity contribution is 5.85. The molecule has 0 aromatic rings. The van der Waals surface area contributed by atoms with Gasteiger partial charge in [0.15, 0.2) is 0 Å². The SMILES string of the molecule is CC1CCN(C(=O)CNC(=O)CN)CC1O. The molecule has 1 aliphatic rings. The molecular formula is C10H19N3O3. The molecule has 0 radical (unpaired) electrons. The molecule has 92 valence electrons. The predicted octanol–water partition coefficient (Wildman–Crippen LogP) is -1.71. The van der Waals surface area contributed by atoms with Crippen molar-refractivity contribution in [1.29, 1.82) is 0 Å². The Hall–Kier alpha value is -1.14. The minimum Gasteiger partial charge on any atom is -0.391 e. The molecule has 4 N–H and O–H groups in total. The Morgan fingerprint density at radius 2 is 2.25 bits per heavy atom. The molecule has 6 heteroatoms. The van der Waals surface area contributed by atoms with Gasteiger partial charge in [0.1, 0.15) is 0 Å². The van der Waals surface area contributed by atoms with Gasteiger partial charge >= 0.3 is 0 Å². The summed E-state index contributed by atoms with van der Waals surface area (Å²) >= 11 is 0. The fourth-order valence-corrected chi connectivity index (χ4v) is 1.63. The molecule has 16 heavy (non-hydrogen) atoms. The molecule has 2 atom stereocenters. The molecular weight excluding hydrogens is 210 g/mol. The second kappa shape index (κ2) is 5.81. The lowest BCUT2D eigenvalue weighted by Gasteiger charge is -2.34. The third kappa shape index (κ3) is 3.46. The van der Waals surface area contributed by atoms with E-state index in [1.54, 1.807) is 4.90 Å². The standard InChI is InChI=1S/C10H19N3O3/c1-7-2-3-13(6-8(7)14)10(16)5-12-9(15)4-11/h7-8,14H,2-6,11H2,1H3,(H,12,15). The second-order valence-electron chi connectivity index (χ2n) is 4.15. The van der Waals surface area contributed by atoms with Gasteiger partial charge in [-0.2, -0.15) is 0 Å². The van der Waals surface area contributed by atoms with E-state index in [9.17, 15) is 14.7 Å². The van der Waals surface area contributed by atoms with E-state index >= 15 is 0 Å².